The van der Waals surface area contributed by atoms with Crippen LogP contribution >= 0.6 is 0 Å². The standard InChI is InChI=1S/C17H16F3N5O.C4H6F2/c1-9-4-14-13(24-16(9)23-11(3)26)5-10(2)25(14)8-12-6-22-15(7-21-12)17(18,19)20;1-3-2-4(3,5)6/h4-7H,8H2,1-3H3,(H,23,24,26);3H,2H2,1H3. The van der Waals surface area contributed by atoms with E-state index in [1.807, 2.05) is 30.5 Å². The smallest absolute Gasteiger partial charge is 0.337 e. The first kappa shape index (κ1) is 23.6. The third kappa shape index (κ3) is 5.38. The second kappa shape index (κ2) is 8.44. The van der Waals surface area contributed by atoms with Crippen LogP contribution in [0, 0.1) is 19.8 Å². The molecule has 0 aliphatic heterocycles. The van der Waals surface area contributed by atoms with Crippen LogP contribution < -0.4 is 5.32 Å². The van der Waals surface area contributed by atoms with Crippen molar-refractivity contribution < 1.29 is 26.7 Å². The van der Waals surface area contributed by atoms with E-state index in [1.54, 1.807) is 6.92 Å². The quantitative estimate of drug-likeness (QED) is 0.556. The molecule has 1 aliphatic rings. The minimum absolute atomic E-state index is 0.104. The summed E-state index contributed by atoms with van der Waals surface area (Å²) in [5.74, 6) is -2.36. The predicted octanol–water partition coefficient (Wildman–Crippen LogP) is 5.13. The molecule has 3 heterocycles. The first-order chi connectivity index (χ1) is 14.8. The Labute approximate surface area is 180 Å². The van der Waals surface area contributed by atoms with Crippen molar-refractivity contribution in [3.8, 4) is 0 Å². The van der Waals surface area contributed by atoms with E-state index in [2.05, 4.69) is 20.3 Å². The number of amides is 1. The summed E-state index contributed by atoms with van der Waals surface area (Å²) in [4.78, 5) is 23.0. The van der Waals surface area contributed by atoms with Gasteiger partial charge >= 0.3 is 6.18 Å². The first-order valence-electron chi connectivity index (χ1n) is 9.79. The summed E-state index contributed by atoms with van der Waals surface area (Å²) in [6.45, 7) is 6.92. The zero-order valence-electron chi connectivity index (χ0n) is 17.9. The average Bonchev–Trinajstić information content (AvgIpc) is 3.12. The molecule has 6 nitrogen and oxygen atoms in total. The highest BCUT2D eigenvalue weighted by Crippen LogP contribution is 2.47. The first-order valence-corrected chi connectivity index (χ1v) is 9.79. The molecule has 3 aromatic heterocycles. The number of hydrogen-bond donors (Lipinski definition) is 1. The molecule has 1 unspecified atom stereocenters. The Kier molecular flexibility index (Phi) is 6.21. The normalized spacial score (nSPS) is 17.0. The van der Waals surface area contributed by atoms with E-state index in [1.165, 1.54) is 6.92 Å². The zero-order chi connectivity index (χ0) is 23.8. The number of aromatic nitrogens is 4. The van der Waals surface area contributed by atoms with E-state index in [-0.39, 0.29) is 24.8 Å². The molecule has 0 radical (unpaired) electrons. The number of carbonyl (C=O) groups is 1. The lowest BCUT2D eigenvalue weighted by Crippen LogP contribution is -2.11. The third-order valence-corrected chi connectivity index (χ3v) is 5.03. The zero-order valence-corrected chi connectivity index (χ0v) is 17.9. The number of pyridine rings is 1. The highest BCUT2D eigenvalue weighted by molar-refractivity contribution is 5.90. The van der Waals surface area contributed by atoms with Gasteiger partial charge in [0.05, 0.1) is 35.7 Å². The maximum absolute atomic E-state index is 12.6. The van der Waals surface area contributed by atoms with Crippen molar-refractivity contribution in [3.63, 3.8) is 0 Å². The number of nitrogens with zero attached hydrogens (tertiary/aromatic N) is 4. The molecule has 1 fully saturated rings. The second-order valence-electron chi connectivity index (χ2n) is 7.87. The molecule has 1 aliphatic carbocycles. The lowest BCUT2D eigenvalue weighted by atomic mass is 10.2. The predicted molar refractivity (Wildman–Crippen MR) is 108 cm³/mol. The van der Waals surface area contributed by atoms with Crippen LogP contribution in [0.1, 0.15) is 42.9 Å². The number of rotatable bonds is 3. The molecule has 4 rings (SSSR count). The van der Waals surface area contributed by atoms with Gasteiger partial charge in [0.1, 0.15) is 5.82 Å². The summed E-state index contributed by atoms with van der Waals surface area (Å²) < 4.78 is 62.7. The van der Waals surface area contributed by atoms with Crippen molar-refractivity contribution in [2.45, 2.75) is 52.8 Å². The number of hydrogen-bond acceptors (Lipinski definition) is 4. The number of alkyl halides is 5. The molecule has 1 saturated carbocycles. The van der Waals surface area contributed by atoms with Gasteiger partial charge in [0, 0.05) is 25.0 Å². The maximum atomic E-state index is 12.6. The lowest BCUT2D eigenvalue weighted by Gasteiger charge is -2.10. The van der Waals surface area contributed by atoms with E-state index in [0.29, 0.717) is 17.0 Å². The van der Waals surface area contributed by atoms with Crippen LogP contribution in [0.25, 0.3) is 11.0 Å². The lowest BCUT2D eigenvalue weighted by molar-refractivity contribution is -0.141. The van der Waals surface area contributed by atoms with Gasteiger partial charge < -0.3 is 9.88 Å². The fraction of sp³-hybridized carbons (Fsp3) is 0.429. The highest BCUT2D eigenvalue weighted by atomic mass is 19.4. The minimum atomic E-state index is -4.51. The molecule has 32 heavy (non-hydrogen) atoms. The molecule has 0 aromatic carbocycles. The van der Waals surface area contributed by atoms with Crippen molar-refractivity contribution in [1.29, 1.82) is 0 Å². The fourth-order valence-electron chi connectivity index (χ4n) is 3.00. The van der Waals surface area contributed by atoms with E-state index in [4.69, 9.17) is 0 Å². The summed E-state index contributed by atoms with van der Waals surface area (Å²) in [5.41, 5.74) is 2.52. The summed E-state index contributed by atoms with van der Waals surface area (Å²) in [7, 11) is 0. The average molecular weight is 455 g/mol. The van der Waals surface area contributed by atoms with Crippen LogP contribution in [0.4, 0.5) is 27.8 Å². The number of carbonyl (C=O) groups excluding carboxylic acids is 1. The summed E-state index contributed by atoms with van der Waals surface area (Å²) >= 11 is 0. The molecule has 0 bridgehead atoms. The van der Waals surface area contributed by atoms with Crippen LogP contribution in [0.15, 0.2) is 24.5 Å². The molecular formula is C21H22F5N5O. The molecule has 3 aromatic rings. The Morgan fingerprint density at radius 2 is 1.84 bits per heavy atom. The number of nitrogens with one attached hydrogen (secondary N) is 1. The van der Waals surface area contributed by atoms with Crippen LogP contribution in [0.2, 0.25) is 0 Å². The van der Waals surface area contributed by atoms with Gasteiger partial charge in [-0.2, -0.15) is 13.2 Å². The topological polar surface area (TPSA) is 72.7 Å². The minimum Gasteiger partial charge on any atom is -0.337 e. The van der Waals surface area contributed by atoms with Gasteiger partial charge in [0.25, 0.3) is 5.92 Å². The van der Waals surface area contributed by atoms with Gasteiger partial charge in [-0.25, -0.2) is 18.7 Å². The Morgan fingerprint density at radius 3 is 2.31 bits per heavy atom. The van der Waals surface area contributed by atoms with Crippen molar-refractivity contribution in [3.05, 3.63) is 47.2 Å². The van der Waals surface area contributed by atoms with Gasteiger partial charge in [0.15, 0.2) is 5.69 Å². The van der Waals surface area contributed by atoms with Crippen molar-refractivity contribution >= 4 is 22.8 Å². The number of halogens is 5. The Hall–Kier alpha value is -3.11. The summed E-state index contributed by atoms with van der Waals surface area (Å²) in [5, 5.41) is 2.68. The highest BCUT2D eigenvalue weighted by Gasteiger charge is 2.53. The van der Waals surface area contributed by atoms with Gasteiger partial charge in [-0.15, -0.1) is 0 Å². The van der Waals surface area contributed by atoms with Crippen LogP contribution in [0.3, 0.4) is 0 Å². The van der Waals surface area contributed by atoms with E-state index in [0.717, 1.165) is 29.2 Å². The fourth-order valence-corrected chi connectivity index (χ4v) is 3.00. The van der Waals surface area contributed by atoms with Gasteiger partial charge in [-0.05, 0) is 31.5 Å². The molecule has 1 amide bonds. The number of fused-ring (bicyclic) bond motifs is 1. The van der Waals surface area contributed by atoms with Crippen molar-refractivity contribution in [2.24, 2.45) is 5.92 Å². The number of aryl methyl sites for hydroxylation is 2. The van der Waals surface area contributed by atoms with Crippen LogP contribution in [0.5, 0.6) is 0 Å². The molecule has 1 atom stereocenters. The van der Waals surface area contributed by atoms with Crippen molar-refractivity contribution in [1.82, 2.24) is 19.5 Å². The molecule has 1 N–H and O–H groups in total. The number of anilines is 1. The third-order valence-electron chi connectivity index (χ3n) is 5.03. The second-order valence-corrected chi connectivity index (χ2v) is 7.87. The maximum Gasteiger partial charge on any atom is 0.434 e. The molecule has 172 valence electrons. The SMILES string of the molecule is CC(=O)Nc1nc2cc(C)n(Cc3cnc(C(F)(F)F)cn3)c2cc1C.CC1CC1(F)F. The largest absolute Gasteiger partial charge is 0.434 e. The van der Waals surface area contributed by atoms with Gasteiger partial charge in [-0.1, -0.05) is 6.92 Å². The van der Waals surface area contributed by atoms with E-state index < -0.39 is 17.8 Å². The molecule has 11 heteroatoms. The van der Waals surface area contributed by atoms with Gasteiger partial charge in [-0.3, -0.25) is 9.78 Å². The Morgan fingerprint density at radius 1 is 1.22 bits per heavy atom. The summed E-state index contributed by atoms with van der Waals surface area (Å²) in [6.07, 6.45) is -2.55. The molecule has 0 spiro atoms. The monoisotopic (exact) mass is 455 g/mol. The van der Waals surface area contributed by atoms with Crippen molar-refractivity contribution in [2.75, 3.05) is 5.32 Å². The Bertz CT molecular complexity index is 1140. The Balaban J connectivity index is 0.000000416. The van der Waals surface area contributed by atoms with Gasteiger partial charge in [0.2, 0.25) is 5.91 Å². The molecular weight excluding hydrogens is 433 g/mol. The van der Waals surface area contributed by atoms with E-state index >= 15 is 0 Å². The van der Waals surface area contributed by atoms with E-state index in [9.17, 15) is 26.7 Å². The summed E-state index contributed by atoms with van der Waals surface area (Å²) in [6, 6.07) is 3.72. The van der Waals surface area contributed by atoms with Crippen LogP contribution in [-0.4, -0.2) is 31.3 Å². The van der Waals surface area contributed by atoms with Crippen LogP contribution in [-0.2, 0) is 17.5 Å². The molecule has 0 saturated heterocycles.